The molecule has 0 spiro atoms. The second-order valence-electron chi connectivity index (χ2n) is 6.33. The third kappa shape index (κ3) is 2.88. The molecule has 1 unspecified atom stereocenters. The van der Waals surface area contributed by atoms with E-state index in [0.717, 1.165) is 5.92 Å². The van der Waals surface area contributed by atoms with Gasteiger partial charge in [0.2, 0.25) is 0 Å². The van der Waals surface area contributed by atoms with Crippen molar-refractivity contribution in [2.75, 3.05) is 0 Å². The molecular formula is C19H25N. The summed E-state index contributed by atoms with van der Waals surface area (Å²) in [5.41, 5.74) is 1.40. The average molecular weight is 267 g/mol. The molecule has 1 saturated carbocycles. The summed E-state index contributed by atoms with van der Waals surface area (Å²) in [5.74, 6) is 0.873. The van der Waals surface area contributed by atoms with Crippen LogP contribution in [0.5, 0.6) is 0 Å². The molecule has 1 fully saturated rings. The molecule has 3 rings (SSSR count). The van der Waals surface area contributed by atoms with E-state index in [9.17, 15) is 0 Å². The maximum absolute atomic E-state index is 3.80. The van der Waals surface area contributed by atoms with E-state index in [4.69, 9.17) is 0 Å². The molecule has 1 nitrogen and oxygen atoms in total. The van der Waals surface area contributed by atoms with Crippen LogP contribution in [-0.2, 0) is 0 Å². The fourth-order valence-electron chi connectivity index (χ4n) is 3.56. The molecule has 0 radical (unpaired) electrons. The minimum Gasteiger partial charge on any atom is -0.307 e. The zero-order valence-corrected chi connectivity index (χ0v) is 12.6. The predicted molar refractivity (Wildman–Crippen MR) is 86.9 cm³/mol. The van der Waals surface area contributed by atoms with Gasteiger partial charge in [-0.2, -0.15) is 0 Å². The van der Waals surface area contributed by atoms with Crippen molar-refractivity contribution in [1.82, 2.24) is 5.32 Å². The maximum Gasteiger partial charge on any atom is 0.0294 e. The highest BCUT2D eigenvalue weighted by molar-refractivity contribution is 5.83. The summed E-state index contributed by atoms with van der Waals surface area (Å²) >= 11 is 0. The molecule has 2 atom stereocenters. The smallest absolute Gasteiger partial charge is 0.0294 e. The molecule has 1 aliphatic carbocycles. The first kappa shape index (κ1) is 13.6. The molecule has 1 N–H and O–H groups in total. The summed E-state index contributed by atoms with van der Waals surface area (Å²) in [6.07, 6.45) is 5.64. The first-order valence-electron chi connectivity index (χ1n) is 7.99. The molecule has 2 aromatic rings. The van der Waals surface area contributed by atoms with Gasteiger partial charge in [-0.3, -0.25) is 0 Å². The van der Waals surface area contributed by atoms with Crippen molar-refractivity contribution in [3.05, 3.63) is 48.0 Å². The van der Waals surface area contributed by atoms with Gasteiger partial charge in [0.05, 0.1) is 0 Å². The van der Waals surface area contributed by atoms with Gasteiger partial charge in [-0.15, -0.1) is 0 Å². The minimum absolute atomic E-state index is 0.426. The van der Waals surface area contributed by atoms with Gasteiger partial charge in [-0.05, 0) is 55.0 Å². The number of fused-ring (bicyclic) bond motifs is 1. The van der Waals surface area contributed by atoms with E-state index in [1.54, 1.807) is 0 Å². The molecule has 0 aromatic heterocycles. The van der Waals surface area contributed by atoms with Crippen LogP contribution >= 0.6 is 0 Å². The lowest BCUT2D eigenvalue weighted by Gasteiger charge is -2.25. The fourth-order valence-corrected chi connectivity index (χ4v) is 3.56. The van der Waals surface area contributed by atoms with Crippen LogP contribution in [0.3, 0.4) is 0 Å². The van der Waals surface area contributed by atoms with Crippen LogP contribution in [0.15, 0.2) is 42.5 Å². The second kappa shape index (κ2) is 5.97. The Kier molecular flexibility index (Phi) is 4.07. The van der Waals surface area contributed by atoms with Crippen LogP contribution in [-0.4, -0.2) is 6.04 Å². The number of nitrogens with one attached hydrogen (secondary N) is 1. The predicted octanol–water partition coefficient (Wildman–Crippen LogP) is 5.07. The Bertz CT molecular complexity index is 569. The van der Waals surface area contributed by atoms with Crippen LogP contribution in [0.1, 0.15) is 51.1 Å². The molecule has 0 bridgehead atoms. The van der Waals surface area contributed by atoms with E-state index >= 15 is 0 Å². The summed E-state index contributed by atoms with van der Waals surface area (Å²) in [6.45, 7) is 4.64. The van der Waals surface area contributed by atoms with Gasteiger partial charge in [-0.1, -0.05) is 49.2 Å². The Morgan fingerprint density at radius 2 is 1.65 bits per heavy atom. The average Bonchev–Trinajstić information content (AvgIpc) is 3.01. The lowest BCUT2D eigenvalue weighted by molar-refractivity contribution is 0.353. The van der Waals surface area contributed by atoms with Gasteiger partial charge in [0.15, 0.2) is 0 Å². The highest BCUT2D eigenvalue weighted by Crippen LogP contribution is 2.29. The molecule has 106 valence electrons. The highest BCUT2D eigenvalue weighted by atomic mass is 14.9. The van der Waals surface area contributed by atoms with Gasteiger partial charge in [0.25, 0.3) is 0 Å². The third-order valence-electron chi connectivity index (χ3n) is 4.89. The monoisotopic (exact) mass is 267 g/mol. The molecule has 0 saturated heterocycles. The first-order valence-corrected chi connectivity index (χ1v) is 7.99. The Hall–Kier alpha value is -1.34. The van der Waals surface area contributed by atoms with Crippen molar-refractivity contribution < 1.29 is 0 Å². The van der Waals surface area contributed by atoms with Crippen LogP contribution < -0.4 is 5.32 Å². The number of rotatable bonds is 4. The first-order chi connectivity index (χ1) is 9.74. The topological polar surface area (TPSA) is 12.0 Å². The molecule has 1 heteroatoms. The Morgan fingerprint density at radius 3 is 2.40 bits per heavy atom. The maximum atomic E-state index is 3.80. The summed E-state index contributed by atoms with van der Waals surface area (Å²) in [5, 5.41) is 6.47. The SMILES string of the molecule is CC(N[C@H](C)C1CCCC1)c1ccc2ccccc2c1. The fraction of sp³-hybridized carbons (Fsp3) is 0.474. The lowest BCUT2D eigenvalue weighted by atomic mass is 9.97. The second-order valence-corrected chi connectivity index (χ2v) is 6.33. The van der Waals surface area contributed by atoms with E-state index in [0.29, 0.717) is 12.1 Å². The van der Waals surface area contributed by atoms with E-state index in [1.807, 2.05) is 0 Å². The lowest BCUT2D eigenvalue weighted by Crippen LogP contribution is -2.34. The number of hydrogen-bond acceptors (Lipinski definition) is 1. The Balaban J connectivity index is 1.72. The largest absolute Gasteiger partial charge is 0.307 e. The quantitative estimate of drug-likeness (QED) is 0.815. The van der Waals surface area contributed by atoms with E-state index in [-0.39, 0.29) is 0 Å². The van der Waals surface area contributed by atoms with Gasteiger partial charge >= 0.3 is 0 Å². The van der Waals surface area contributed by atoms with Crippen molar-refractivity contribution in [3.8, 4) is 0 Å². The van der Waals surface area contributed by atoms with Crippen LogP contribution in [0.4, 0.5) is 0 Å². The normalized spacial score (nSPS) is 19.3. The highest BCUT2D eigenvalue weighted by Gasteiger charge is 2.22. The van der Waals surface area contributed by atoms with Gasteiger partial charge in [0.1, 0.15) is 0 Å². The van der Waals surface area contributed by atoms with Crippen molar-refractivity contribution in [2.45, 2.75) is 51.6 Å². The van der Waals surface area contributed by atoms with Crippen molar-refractivity contribution >= 4 is 10.8 Å². The summed E-state index contributed by atoms with van der Waals surface area (Å²) < 4.78 is 0. The number of hydrogen-bond donors (Lipinski definition) is 1. The van der Waals surface area contributed by atoms with E-state index in [2.05, 4.69) is 61.6 Å². The summed E-state index contributed by atoms with van der Waals surface area (Å²) in [4.78, 5) is 0. The van der Waals surface area contributed by atoms with Gasteiger partial charge in [-0.25, -0.2) is 0 Å². The molecule has 0 aliphatic heterocycles. The standard InChI is InChI=1S/C19H25N/c1-14(16-7-3-4-8-16)20-15(2)18-12-11-17-9-5-6-10-19(17)13-18/h5-6,9-16,20H,3-4,7-8H2,1-2H3/t14-,15?/m1/s1. The molecule has 1 aliphatic rings. The van der Waals surface area contributed by atoms with E-state index in [1.165, 1.54) is 42.0 Å². The van der Waals surface area contributed by atoms with Crippen molar-refractivity contribution in [2.24, 2.45) is 5.92 Å². The van der Waals surface area contributed by atoms with Crippen molar-refractivity contribution in [1.29, 1.82) is 0 Å². The van der Waals surface area contributed by atoms with Gasteiger partial charge in [0, 0.05) is 12.1 Å². The van der Waals surface area contributed by atoms with Crippen LogP contribution in [0, 0.1) is 5.92 Å². The zero-order chi connectivity index (χ0) is 13.9. The summed E-state index contributed by atoms with van der Waals surface area (Å²) in [6, 6.07) is 16.5. The molecule has 0 amide bonds. The van der Waals surface area contributed by atoms with Crippen LogP contribution in [0.2, 0.25) is 0 Å². The molecular weight excluding hydrogens is 242 g/mol. The van der Waals surface area contributed by atoms with Crippen molar-refractivity contribution in [3.63, 3.8) is 0 Å². The number of benzene rings is 2. The van der Waals surface area contributed by atoms with Crippen LogP contribution in [0.25, 0.3) is 10.8 Å². The van der Waals surface area contributed by atoms with Gasteiger partial charge < -0.3 is 5.32 Å². The molecule has 2 aromatic carbocycles. The minimum atomic E-state index is 0.426. The Labute approximate surface area is 122 Å². The molecule has 0 heterocycles. The van der Waals surface area contributed by atoms with E-state index < -0.39 is 0 Å². The summed E-state index contributed by atoms with van der Waals surface area (Å²) in [7, 11) is 0. The Morgan fingerprint density at radius 1 is 0.950 bits per heavy atom. The zero-order valence-electron chi connectivity index (χ0n) is 12.6. The third-order valence-corrected chi connectivity index (χ3v) is 4.89. The molecule has 20 heavy (non-hydrogen) atoms.